The molecular formula is C26H25ClFNO2. The van der Waals surface area contributed by atoms with Crippen LogP contribution >= 0.6 is 12.4 Å². The first kappa shape index (κ1) is 21.5. The second-order valence-electron chi connectivity index (χ2n) is 8.16. The van der Waals surface area contributed by atoms with Crippen LogP contribution in [0.25, 0.3) is 11.1 Å². The fraction of sp³-hybridized carbons (Fsp3) is 0.269. The van der Waals surface area contributed by atoms with E-state index in [2.05, 4.69) is 29.6 Å². The van der Waals surface area contributed by atoms with E-state index in [0.29, 0.717) is 31.7 Å². The van der Waals surface area contributed by atoms with Gasteiger partial charge in [-0.05, 0) is 46.3 Å². The number of nitrogens with one attached hydrogen (secondary N) is 1. The zero-order valence-corrected chi connectivity index (χ0v) is 17.9. The van der Waals surface area contributed by atoms with Gasteiger partial charge >= 0.3 is 5.97 Å². The van der Waals surface area contributed by atoms with Gasteiger partial charge in [-0.25, -0.2) is 4.39 Å². The van der Waals surface area contributed by atoms with Crippen molar-refractivity contribution < 1.29 is 13.9 Å². The molecule has 1 heterocycles. The van der Waals surface area contributed by atoms with Crippen molar-refractivity contribution in [2.24, 2.45) is 5.92 Å². The normalized spacial score (nSPS) is 19.4. The largest absolute Gasteiger partial charge is 0.465 e. The molecule has 0 spiro atoms. The highest BCUT2D eigenvalue weighted by Crippen LogP contribution is 2.44. The molecule has 3 nitrogen and oxygen atoms in total. The van der Waals surface area contributed by atoms with Gasteiger partial charge in [0, 0.05) is 18.4 Å². The fourth-order valence-corrected chi connectivity index (χ4v) is 4.98. The summed E-state index contributed by atoms with van der Waals surface area (Å²) in [7, 11) is 0. The molecule has 1 N–H and O–H groups in total. The van der Waals surface area contributed by atoms with Crippen LogP contribution in [-0.2, 0) is 9.53 Å². The van der Waals surface area contributed by atoms with Gasteiger partial charge in [0.05, 0.1) is 6.42 Å². The molecule has 2 aliphatic rings. The number of rotatable bonds is 5. The third-order valence-electron chi connectivity index (χ3n) is 6.45. The third kappa shape index (κ3) is 4.10. The van der Waals surface area contributed by atoms with Crippen molar-refractivity contribution in [3.05, 3.63) is 95.3 Å². The molecule has 160 valence electrons. The van der Waals surface area contributed by atoms with Crippen molar-refractivity contribution in [1.82, 2.24) is 5.32 Å². The summed E-state index contributed by atoms with van der Waals surface area (Å²) >= 11 is 0. The monoisotopic (exact) mass is 437 g/mol. The van der Waals surface area contributed by atoms with Crippen LogP contribution in [0.15, 0.2) is 72.8 Å². The topological polar surface area (TPSA) is 38.3 Å². The highest BCUT2D eigenvalue weighted by Gasteiger charge is 2.33. The van der Waals surface area contributed by atoms with Crippen molar-refractivity contribution >= 4 is 18.4 Å². The lowest BCUT2D eigenvalue weighted by molar-refractivity contribution is -0.145. The molecule has 0 amide bonds. The van der Waals surface area contributed by atoms with E-state index in [1.165, 1.54) is 28.3 Å². The number of ether oxygens (including phenoxy) is 1. The molecule has 1 aliphatic heterocycles. The van der Waals surface area contributed by atoms with Gasteiger partial charge in [0.15, 0.2) is 0 Å². The Bertz CT molecular complexity index is 1040. The standard InChI is InChI=1S/C26H24FNO2.ClH/c27-25-12-6-5-11-22(25)23-15-28-14-17(23)13-26(29)30-16-24-20-9-3-1-7-18(20)19-8-2-4-10-21(19)24;/h1-12,17,23-24,28H,13-16H2;1H/t17-,23-;/m0./s1. The predicted octanol–water partition coefficient (Wildman–Crippen LogP) is 5.30. The maximum Gasteiger partial charge on any atom is 0.306 e. The minimum absolute atomic E-state index is 0. The van der Waals surface area contributed by atoms with Crippen molar-refractivity contribution in [2.75, 3.05) is 19.7 Å². The van der Waals surface area contributed by atoms with Crippen molar-refractivity contribution in [1.29, 1.82) is 0 Å². The lowest BCUT2D eigenvalue weighted by atomic mass is 9.86. The van der Waals surface area contributed by atoms with Gasteiger partial charge in [0.25, 0.3) is 0 Å². The molecule has 1 aliphatic carbocycles. The Hall–Kier alpha value is -2.69. The Morgan fingerprint density at radius 2 is 1.45 bits per heavy atom. The molecule has 5 heteroatoms. The SMILES string of the molecule is Cl.O=C(C[C@H]1CNC[C@@H]1c1ccccc1F)OCC1c2ccccc2-c2ccccc21. The zero-order chi connectivity index (χ0) is 20.5. The molecule has 0 bridgehead atoms. The maximum atomic E-state index is 14.2. The quantitative estimate of drug-likeness (QED) is 0.551. The molecule has 3 aromatic rings. The fourth-order valence-electron chi connectivity index (χ4n) is 4.98. The average molecular weight is 438 g/mol. The molecule has 2 atom stereocenters. The van der Waals surface area contributed by atoms with E-state index >= 15 is 0 Å². The lowest BCUT2D eigenvalue weighted by Gasteiger charge is -2.20. The first-order chi connectivity index (χ1) is 14.7. The minimum Gasteiger partial charge on any atom is -0.465 e. The Kier molecular flexibility index (Phi) is 6.40. The summed E-state index contributed by atoms with van der Waals surface area (Å²) in [6.45, 7) is 1.71. The highest BCUT2D eigenvalue weighted by atomic mass is 35.5. The molecule has 1 saturated heterocycles. The van der Waals surface area contributed by atoms with Gasteiger partial charge in [-0.15, -0.1) is 12.4 Å². The molecule has 1 fully saturated rings. The summed E-state index contributed by atoms with van der Waals surface area (Å²) in [4.78, 5) is 12.7. The van der Waals surface area contributed by atoms with Crippen molar-refractivity contribution in [2.45, 2.75) is 18.3 Å². The van der Waals surface area contributed by atoms with E-state index < -0.39 is 0 Å². The zero-order valence-electron chi connectivity index (χ0n) is 17.1. The lowest BCUT2D eigenvalue weighted by Crippen LogP contribution is -2.20. The average Bonchev–Trinajstić information content (AvgIpc) is 3.35. The third-order valence-corrected chi connectivity index (χ3v) is 6.45. The number of hydrogen-bond acceptors (Lipinski definition) is 3. The first-order valence-corrected chi connectivity index (χ1v) is 10.5. The summed E-state index contributed by atoms with van der Waals surface area (Å²) in [5.74, 6) is -0.328. The molecule has 0 unspecified atom stereocenters. The molecule has 31 heavy (non-hydrogen) atoms. The summed E-state index contributed by atoms with van der Waals surface area (Å²) in [5.41, 5.74) is 5.53. The van der Waals surface area contributed by atoms with E-state index in [9.17, 15) is 9.18 Å². The van der Waals surface area contributed by atoms with Gasteiger partial charge in [0.2, 0.25) is 0 Å². The Morgan fingerprint density at radius 3 is 2.10 bits per heavy atom. The highest BCUT2D eigenvalue weighted by molar-refractivity contribution is 5.85. The van der Waals surface area contributed by atoms with Gasteiger partial charge in [0.1, 0.15) is 12.4 Å². The van der Waals surface area contributed by atoms with Gasteiger partial charge in [-0.1, -0.05) is 66.7 Å². The molecule has 3 aromatic carbocycles. The first-order valence-electron chi connectivity index (χ1n) is 10.5. The number of carbonyl (C=O) groups excluding carboxylic acids is 1. The smallest absolute Gasteiger partial charge is 0.306 e. The van der Waals surface area contributed by atoms with E-state index in [0.717, 1.165) is 0 Å². The maximum absolute atomic E-state index is 14.2. The molecular weight excluding hydrogens is 413 g/mol. The van der Waals surface area contributed by atoms with Crippen LogP contribution in [0.4, 0.5) is 4.39 Å². The van der Waals surface area contributed by atoms with Crippen LogP contribution in [0, 0.1) is 11.7 Å². The summed E-state index contributed by atoms with van der Waals surface area (Å²) in [6, 6.07) is 23.5. The molecule has 0 radical (unpaired) electrons. The number of hydrogen-bond donors (Lipinski definition) is 1. The Morgan fingerprint density at radius 1 is 0.871 bits per heavy atom. The van der Waals surface area contributed by atoms with Crippen molar-refractivity contribution in [3.63, 3.8) is 0 Å². The Balaban J connectivity index is 0.00000231. The number of benzene rings is 3. The van der Waals surface area contributed by atoms with Crippen molar-refractivity contribution in [3.8, 4) is 11.1 Å². The summed E-state index contributed by atoms with van der Waals surface area (Å²) < 4.78 is 20.0. The number of carbonyl (C=O) groups is 1. The predicted molar refractivity (Wildman–Crippen MR) is 122 cm³/mol. The minimum atomic E-state index is -0.216. The number of halogens is 2. The van der Waals surface area contributed by atoms with Crippen LogP contribution in [0.2, 0.25) is 0 Å². The summed E-state index contributed by atoms with van der Waals surface area (Å²) in [5, 5.41) is 3.30. The van der Waals surface area contributed by atoms with E-state index in [4.69, 9.17) is 4.74 Å². The van der Waals surface area contributed by atoms with E-state index in [1.807, 2.05) is 36.4 Å². The molecule has 5 rings (SSSR count). The van der Waals surface area contributed by atoms with Gasteiger partial charge in [-0.2, -0.15) is 0 Å². The van der Waals surface area contributed by atoms with Gasteiger partial charge in [-0.3, -0.25) is 4.79 Å². The second-order valence-corrected chi connectivity index (χ2v) is 8.16. The Labute approximate surface area is 188 Å². The van der Waals surface area contributed by atoms with Crippen LogP contribution in [0.5, 0.6) is 0 Å². The molecule has 0 saturated carbocycles. The van der Waals surface area contributed by atoms with Crippen LogP contribution in [0.3, 0.4) is 0 Å². The van der Waals surface area contributed by atoms with Crippen LogP contribution in [-0.4, -0.2) is 25.7 Å². The van der Waals surface area contributed by atoms with E-state index in [1.54, 1.807) is 6.07 Å². The molecule has 0 aromatic heterocycles. The van der Waals surface area contributed by atoms with E-state index in [-0.39, 0.29) is 41.9 Å². The number of fused-ring (bicyclic) bond motifs is 3. The second kappa shape index (κ2) is 9.21. The summed E-state index contributed by atoms with van der Waals surface area (Å²) in [6.07, 6.45) is 0.294. The van der Waals surface area contributed by atoms with Crippen LogP contribution in [0.1, 0.15) is 34.9 Å². The van der Waals surface area contributed by atoms with Crippen LogP contribution < -0.4 is 5.32 Å². The number of esters is 1. The van der Waals surface area contributed by atoms with Gasteiger partial charge < -0.3 is 10.1 Å².